The summed E-state index contributed by atoms with van der Waals surface area (Å²) in [5.41, 5.74) is 0.0786. The van der Waals surface area contributed by atoms with Gasteiger partial charge in [-0.2, -0.15) is 0 Å². The number of carbonyl (C=O) groups is 2. The van der Waals surface area contributed by atoms with E-state index >= 15 is 0 Å². The lowest BCUT2D eigenvalue weighted by molar-refractivity contribution is -0.141. The Morgan fingerprint density at radius 1 is 1.07 bits per heavy atom. The predicted octanol–water partition coefficient (Wildman–Crippen LogP) is 0.894. The van der Waals surface area contributed by atoms with Crippen LogP contribution in [0.1, 0.15) is 27.2 Å². The molecular formula is C10H19NO4. The van der Waals surface area contributed by atoms with Gasteiger partial charge in [0.25, 0.3) is 0 Å². The van der Waals surface area contributed by atoms with E-state index in [2.05, 4.69) is 0 Å². The summed E-state index contributed by atoms with van der Waals surface area (Å²) >= 11 is 0. The van der Waals surface area contributed by atoms with Crippen molar-refractivity contribution in [1.82, 2.24) is 4.90 Å². The lowest BCUT2D eigenvalue weighted by Gasteiger charge is -2.24. The molecule has 5 heteroatoms. The molecular weight excluding hydrogens is 198 g/mol. The Morgan fingerprint density at radius 3 is 1.73 bits per heavy atom. The van der Waals surface area contributed by atoms with Crippen LogP contribution >= 0.6 is 0 Å². The van der Waals surface area contributed by atoms with E-state index in [0.29, 0.717) is 6.54 Å². The van der Waals surface area contributed by atoms with Crippen LogP contribution in [0.15, 0.2) is 0 Å². The minimum Gasteiger partial charge on any atom is -0.480 e. The van der Waals surface area contributed by atoms with Crippen molar-refractivity contribution >= 4 is 11.9 Å². The van der Waals surface area contributed by atoms with Gasteiger partial charge in [0.1, 0.15) is 0 Å². The fourth-order valence-corrected chi connectivity index (χ4v) is 1.09. The second kappa shape index (κ2) is 5.70. The highest BCUT2D eigenvalue weighted by atomic mass is 16.4. The van der Waals surface area contributed by atoms with Gasteiger partial charge in [-0.15, -0.1) is 0 Å². The maximum Gasteiger partial charge on any atom is 0.317 e. The molecule has 88 valence electrons. The van der Waals surface area contributed by atoms with Gasteiger partial charge in [-0.25, -0.2) is 0 Å². The molecule has 0 radical (unpaired) electrons. The highest BCUT2D eigenvalue weighted by Gasteiger charge is 2.17. The molecule has 15 heavy (non-hydrogen) atoms. The van der Waals surface area contributed by atoms with Crippen LogP contribution in [0.25, 0.3) is 0 Å². The van der Waals surface area contributed by atoms with Crippen molar-refractivity contribution in [2.45, 2.75) is 27.2 Å². The minimum absolute atomic E-state index is 0.0786. The maximum absolute atomic E-state index is 10.5. The summed E-state index contributed by atoms with van der Waals surface area (Å²) in [4.78, 5) is 22.4. The van der Waals surface area contributed by atoms with Crippen molar-refractivity contribution in [3.63, 3.8) is 0 Å². The van der Waals surface area contributed by atoms with Crippen molar-refractivity contribution in [3.8, 4) is 0 Å². The molecule has 0 spiro atoms. The molecule has 0 aromatic rings. The third kappa shape index (κ3) is 9.21. The molecule has 0 bridgehead atoms. The second-order valence-electron chi connectivity index (χ2n) is 4.81. The maximum atomic E-state index is 10.5. The highest BCUT2D eigenvalue weighted by Crippen LogP contribution is 2.18. The van der Waals surface area contributed by atoms with Gasteiger partial charge in [0.05, 0.1) is 13.1 Å². The van der Waals surface area contributed by atoms with E-state index in [1.165, 1.54) is 4.90 Å². The first kappa shape index (κ1) is 13.9. The Kier molecular flexibility index (Phi) is 5.28. The molecule has 0 aromatic carbocycles. The molecule has 0 heterocycles. The van der Waals surface area contributed by atoms with E-state index in [0.717, 1.165) is 6.42 Å². The van der Waals surface area contributed by atoms with E-state index in [-0.39, 0.29) is 18.5 Å². The third-order valence-corrected chi connectivity index (χ3v) is 1.90. The number of carboxylic acid groups (broad SMARTS) is 2. The summed E-state index contributed by atoms with van der Waals surface area (Å²) in [6, 6.07) is 0. The number of carboxylic acids is 2. The summed E-state index contributed by atoms with van der Waals surface area (Å²) in [5.74, 6) is -1.99. The normalized spacial score (nSPS) is 11.7. The van der Waals surface area contributed by atoms with Gasteiger partial charge in [0, 0.05) is 0 Å². The Hall–Kier alpha value is -1.10. The van der Waals surface area contributed by atoms with Crippen LogP contribution in [0.3, 0.4) is 0 Å². The molecule has 0 fully saturated rings. The van der Waals surface area contributed by atoms with Crippen molar-refractivity contribution < 1.29 is 19.8 Å². The molecule has 0 aliphatic carbocycles. The average molecular weight is 217 g/mol. The van der Waals surface area contributed by atoms with Crippen molar-refractivity contribution in [3.05, 3.63) is 0 Å². The lowest BCUT2D eigenvalue weighted by Crippen LogP contribution is -2.36. The van der Waals surface area contributed by atoms with Gasteiger partial charge in [-0.3, -0.25) is 14.5 Å². The van der Waals surface area contributed by atoms with Crippen LogP contribution in [-0.4, -0.2) is 46.7 Å². The third-order valence-electron chi connectivity index (χ3n) is 1.90. The number of hydrogen-bond donors (Lipinski definition) is 2. The topological polar surface area (TPSA) is 77.8 Å². The molecule has 0 atom stereocenters. The zero-order valence-corrected chi connectivity index (χ0v) is 9.49. The van der Waals surface area contributed by atoms with Crippen LogP contribution in [0.2, 0.25) is 0 Å². The van der Waals surface area contributed by atoms with E-state index in [9.17, 15) is 9.59 Å². The molecule has 0 rings (SSSR count). The first-order valence-corrected chi connectivity index (χ1v) is 4.86. The predicted molar refractivity (Wildman–Crippen MR) is 55.8 cm³/mol. The SMILES string of the molecule is CC(C)(C)CCN(CC(=O)O)CC(=O)O. The molecule has 0 aliphatic heterocycles. The Morgan fingerprint density at radius 2 is 1.47 bits per heavy atom. The largest absolute Gasteiger partial charge is 0.480 e. The summed E-state index contributed by atoms with van der Waals surface area (Å²) in [6.07, 6.45) is 0.771. The molecule has 0 saturated heterocycles. The molecule has 0 aliphatic rings. The van der Waals surface area contributed by atoms with Crippen molar-refractivity contribution in [2.75, 3.05) is 19.6 Å². The Bertz CT molecular complexity index is 216. The van der Waals surface area contributed by atoms with Crippen LogP contribution in [-0.2, 0) is 9.59 Å². The van der Waals surface area contributed by atoms with Gasteiger partial charge in [0.15, 0.2) is 0 Å². The van der Waals surface area contributed by atoms with Crippen molar-refractivity contribution in [2.24, 2.45) is 5.41 Å². The monoisotopic (exact) mass is 217 g/mol. The average Bonchev–Trinajstić information content (AvgIpc) is 1.96. The molecule has 5 nitrogen and oxygen atoms in total. The van der Waals surface area contributed by atoms with E-state index in [4.69, 9.17) is 10.2 Å². The fraction of sp³-hybridized carbons (Fsp3) is 0.800. The zero-order chi connectivity index (χ0) is 12.1. The molecule has 0 unspecified atom stereocenters. The summed E-state index contributed by atoms with van der Waals surface area (Å²) < 4.78 is 0. The molecule has 0 aromatic heterocycles. The Balaban J connectivity index is 4.12. The standard InChI is InChI=1S/C10H19NO4/c1-10(2,3)4-5-11(6-8(12)13)7-9(14)15/h4-7H2,1-3H3,(H,12,13)(H,14,15). The number of hydrogen-bond acceptors (Lipinski definition) is 3. The molecule has 0 amide bonds. The van der Waals surface area contributed by atoms with Crippen molar-refractivity contribution in [1.29, 1.82) is 0 Å². The minimum atomic E-state index is -0.995. The molecule has 2 N–H and O–H groups in total. The van der Waals surface area contributed by atoms with E-state index in [1.807, 2.05) is 20.8 Å². The number of aliphatic carboxylic acids is 2. The number of rotatable bonds is 6. The summed E-state index contributed by atoms with van der Waals surface area (Å²) in [6.45, 7) is 6.15. The van der Waals surface area contributed by atoms with E-state index < -0.39 is 11.9 Å². The van der Waals surface area contributed by atoms with Crippen LogP contribution in [0.4, 0.5) is 0 Å². The van der Waals surface area contributed by atoms with Gasteiger partial charge in [-0.1, -0.05) is 20.8 Å². The van der Waals surface area contributed by atoms with Gasteiger partial charge in [-0.05, 0) is 18.4 Å². The first-order chi connectivity index (χ1) is 6.70. The van der Waals surface area contributed by atoms with Crippen LogP contribution < -0.4 is 0 Å². The summed E-state index contributed by atoms with van der Waals surface area (Å²) in [5, 5.41) is 17.2. The quantitative estimate of drug-likeness (QED) is 0.691. The smallest absolute Gasteiger partial charge is 0.317 e. The second-order valence-corrected chi connectivity index (χ2v) is 4.81. The van der Waals surface area contributed by atoms with Crippen LogP contribution in [0.5, 0.6) is 0 Å². The van der Waals surface area contributed by atoms with Gasteiger partial charge < -0.3 is 10.2 Å². The highest BCUT2D eigenvalue weighted by molar-refractivity contribution is 5.72. The Labute approximate surface area is 89.7 Å². The first-order valence-electron chi connectivity index (χ1n) is 4.86. The van der Waals surface area contributed by atoms with Gasteiger partial charge >= 0.3 is 11.9 Å². The zero-order valence-electron chi connectivity index (χ0n) is 9.49. The molecule has 0 saturated carbocycles. The van der Waals surface area contributed by atoms with E-state index in [1.54, 1.807) is 0 Å². The lowest BCUT2D eigenvalue weighted by atomic mass is 9.92. The van der Waals surface area contributed by atoms with Crippen LogP contribution in [0, 0.1) is 5.41 Å². The summed E-state index contributed by atoms with van der Waals surface area (Å²) in [7, 11) is 0. The number of nitrogens with zero attached hydrogens (tertiary/aromatic N) is 1. The fourth-order valence-electron chi connectivity index (χ4n) is 1.09. The van der Waals surface area contributed by atoms with Gasteiger partial charge in [0.2, 0.25) is 0 Å².